The molecule has 2 aromatic rings. The van der Waals surface area contributed by atoms with Crippen LogP contribution in [0.5, 0.6) is 0 Å². The molecule has 2 N–H and O–H groups in total. The van der Waals surface area contributed by atoms with Crippen molar-refractivity contribution in [1.82, 2.24) is 20.3 Å². The summed E-state index contributed by atoms with van der Waals surface area (Å²) in [6.45, 7) is 4.54. The largest absolute Gasteiger partial charge is 0.450 e. The number of aromatic nitrogens is 3. The predicted octanol–water partition coefficient (Wildman–Crippen LogP) is 1.51. The summed E-state index contributed by atoms with van der Waals surface area (Å²) in [5.41, 5.74) is 2.41. The van der Waals surface area contributed by atoms with Gasteiger partial charge in [-0.1, -0.05) is 24.3 Å². The number of rotatable bonds is 7. The van der Waals surface area contributed by atoms with Gasteiger partial charge in [0.1, 0.15) is 6.54 Å². The Morgan fingerprint density at radius 3 is 2.83 bits per heavy atom. The summed E-state index contributed by atoms with van der Waals surface area (Å²) in [6, 6.07) is 8.06. The highest BCUT2D eigenvalue weighted by molar-refractivity contribution is 5.83. The summed E-state index contributed by atoms with van der Waals surface area (Å²) < 4.78 is 4.73. The average Bonchev–Trinajstić information content (AvgIpc) is 2.96. The van der Waals surface area contributed by atoms with Crippen molar-refractivity contribution in [2.24, 2.45) is 0 Å². The van der Waals surface area contributed by atoms with E-state index in [1.54, 1.807) is 6.92 Å². The number of nitrogens with zero attached hydrogens (tertiary/aromatic N) is 3. The van der Waals surface area contributed by atoms with E-state index in [-0.39, 0.29) is 24.9 Å². The molecule has 0 aliphatic heterocycles. The Hall–Kier alpha value is -2.90. The topological polar surface area (TPSA) is 98.1 Å². The Morgan fingerprint density at radius 1 is 1.29 bits per heavy atom. The molecule has 1 aromatic carbocycles. The normalized spacial score (nSPS) is 10.2. The second kappa shape index (κ2) is 8.66. The zero-order valence-corrected chi connectivity index (χ0v) is 13.8. The summed E-state index contributed by atoms with van der Waals surface area (Å²) in [4.78, 5) is 24.4. The highest BCUT2D eigenvalue weighted by Gasteiger charge is 2.09. The lowest BCUT2D eigenvalue weighted by molar-refractivity contribution is -0.122. The van der Waals surface area contributed by atoms with Gasteiger partial charge in [-0.05, 0) is 31.4 Å². The zero-order chi connectivity index (χ0) is 17.4. The van der Waals surface area contributed by atoms with Crippen LogP contribution in [0.15, 0.2) is 30.5 Å². The molecule has 2 amide bonds. The van der Waals surface area contributed by atoms with Crippen LogP contribution in [0, 0.1) is 6.92 Å². The molecule has 0 fully saturated rings. The van der Waals surface area contributed by atoms with Gasteiger partial charge in [-0.15, -0.1) is 5.10 Å². The lowest BCUT2D eigenvalue weighted by atomic mass is 10.1. The van der Waals surface area contributed by atoms with Gasteiger partial charge in [-0.2, -0.15) is 9.90 Å². The number of carbonyl (C=O) groups excluding carboxylic acids is 2. The van der Waals surface area contributed by atoms with Gasteiger partial charge in [0, 0.05) is 6.54 Å². The Morgan fingerprint density at radius 2 is 2.08 bits per heavy atom. The van der Waals surface area contributed by atoms with Gasteiger partial charge >= 0.3 is 6.09 Å². The lowest BCUT2D eigenvalue weighted by Gasteiger charge is -2.07. The van der Waals surface area contributed by atoms with E-state index in [0.717, 1.165) is 6.42 Å². The standard InChI is InChI=1S/C16H21N5O3/c1-3-24-16(23)19-14-10-18-21(20-14)11-15(22)17-9-8-13-7-5-4-6-12(13)2/h4-7,10H,3,8-9,11H2,1-2H3,(H,17,22)(H,19,20,23). The molecule has 128 valence electrons. The maximum absolute atomic E-state index is 11.9. The van der Waals surface area contributed by atoms with Gasteiger partial charge in [-0.25, -0.2) is 4.79 Å². The van der Waals surface area contributed by atoms with Crippen LogP contribution < -0.4 is 10.6 Å². The predicted molar refractivity (Wildman–Crippen MR) is 88.6 cm³/mol. The Bertz CT molecular complexity index is 699. The molecule has 0 bridgehead atoms. The van der Waals surface area contributed by atoms with Crippen molar-refractivity contribution in [3.63, 3.8) is 0 Å². The minimum absolute atomic E-state index is 0.0156. The molecule has 0 spiro atoms. The monoisotopic (exact) mass is 331 g/mol. The van der Waals surface area contributed by atoms with Crippen molar-refractivity contribution >= 4 is 17.8 Å². The fraction of sp³-hybridized carbons (Fsp3) is 0.375. The van der Waals surface area contributed by atoms with Gasteiger partial charge < -0.3 is 10.1 Å². The maximum Gasteiger partial charge on any atom is 0.412 e. The third kappa shape index (κ3) is 5.38. The van der Waals surface area contributed by atoms with Crippen LogP contribution >= 0.6 is 0 Å². The van der Waals surface area contributed by atoms with E-state index in [1.165, 1.54) is 22.1 Å². The van der Waals surface area contributed by atoms with Crippen LogP contribution in [0.4, 0.5) is 10.6 Å². The summed E-state index contributed by atoms with van der Waals surface area (Å²) in [7, 11) is 0. The first-order valence-corrected chi connectivity index (χ1v) is 7.73. The number of hydrogen-bond donors (Lipinski definition) is 2. The summed E-state index contributed by atoms with van der Waals surface area (Å²) in [6.07, 6.45) is 1.52. The highest BCUT2D eigenvalue weighted by atomic mass is 16.5. The van der Waals surface area contributed by atoms with Crippen molar-refractivity contribution in [2.75, 3.05) is 18.5 Å². The Kier molecular flexibility index (Phi) is 6.30. The van der Waals surface area contributed by atoms with Crippen molar-refractivity contribution < 1.29 is 14.3 Å². The van der Waals surface area contributed by atoms with E-state index in [2.05, 4.69) is 20.8 Å². The molecule has 8 nitrogen and oxygen atoms in total. The molecular formula is C16H21N5O3. The zero-order valence-electron chi connectivity index (χ0n) is 13.8. The third-order valence-electron chi connectivity index (χ3n) is 3.30. The van der Waals surface area contributed by atoms with Gasteiger partial charge in [0.15, 0.2) is 5.82 Å². The molecule has 0 unspecified atom stereocenters. The molecule has 1 heterocycles. The highest BCUT2D eigenvalue weighted by Crippen LogP contribution is 2.06. The lowest BCUT2D eigenvalue weighted by Crippen LogP contribution is -2.30. The molecule has 1 aromatic heterocycles. The summed E-state index contributed by atoms with van der Waals surface area (Å²) in [5, 5.41) is 13.2. The number of nitrogens with one attached hydrogen (secondary N) is 2. The van der Waals surface area contributed by atoms with Crippen LogP contribution in [-0.4, -0.2) is 40.1 Å². The number of anilines is 1. The number of amides is 2. The van der Waals surface area contributed by atoms with E-state index in [1.807, 2.05) is 31.2 Å². The average molecular weight is 331 g/mol. The molecule has 2 rings (SSSR count). The number of ether oxygens (including phenoxy) is 1. The number of benzene rings is 1. The molecule has 0 saturated heterocycles. The van der Waals surface area contributed by atoms with E-state index in [0.29, 0.717) is 6.54 Å². The summed E-state index contributed by atoms with van der Waals surface area (Å²) in [5.74, 6) is 0.0445. The quantitative estimate of drug-likeness (QED) is 0.801. The number of aryl methyl sites for hydroxylation is 1. The first-order valence-electron chi connectivity index (χ1n) is 7.73. The minimum Gasteiger partial charge on any atom is -0.450 e. The molecule has 0 radical (unpaired) electrons. The molecule has 8 heteroatoms. The van der Waals surface area contributed by atoms with Gasteiger partial charge in [0.2, 0.25) is 5.91 Å². The number of hydrogen-bond acceptors (Lipinski definition) is 5. The van der Waals surface area contributed by atoms with Crippen molar-refractivity contribution in [1.29, 1.82) is 0 Å². The molecular weight excluding hydrogens is 310 g/mol. The first kappa shape index (κ1) is 17.5. The Balaban J connectivity index is 1.75. The van der Waals surface area contributed by atoms with Crippen LogP contribution in [0.25, 0.3) is 0 Å². The first-order chi connectivity index (χ1) is 11.6. The summed E-state index contributed by atoms with van der Waals surface area (Å²) >= 11 is 0. The van der Waals surface area contributed by atoms with Crippen molar-refractivity contribution in [2.45, 2.75) is 26.8 Å². The Labute approximate surface area is 140 Å². The molecule has 0 aliphatic carbocycles. The smallest absolute Gasteiger partial charge is 0.412 e. The van der Waals surface area contributed by atoms with Gasteiger partial charge in [0.25, 0.3) is 0 Å². The van der Waals surface area contributed by atoms with Crippen LogP contribution in [0.1, 0.15) is 18.1 Å². The SMILES string of the molecule is CCOC(=O)Nc1cnn(CC(=O)NCCc2ccccc2C)n1. The fourth-order valence-electron chi connectivity index (χ4n) is 2.11. The molecule has 0 aliphatic rings. The molecule has 24 heavy (non-hydrogen) atoms. The van der Waals surface area contributed by atoms with Crippen molar-refractivity contribution in [3.8, 4) is 0 Å². The fourth-order valence-corrected chi connectivity index (χ4v) is 2.11. The molecule has 0 atom stereocenters. The van der Waals surface area contributed by atoms with E-state index in [4.69, 9.17) is 4.74 Å². The third-order valence-corrected chi connectivity index (χ3v) is 3.30. The van der Waals surface area contributed by atoms with Crippen LogP contribution in [0.2, 0.25) is 0 Å². The van der Waals surface area contributed by atoms with E-state index in [9.17, 15) is 9.59 Å². The van der Waals surface area contributed by atoms with Gasteiger partial charge in [-0.3, -0.25) is 10.1 Å². The number of carbonyl (C=O) groups is 2. The second-order valence-electron chi connectivity index (χ2n) is 5.13. The van der Waals surface area contributed by atoms with Crippen molar-refractivity contribution in [3.05, 3.63) is 41.6 Å². The molecule has 0 saturated carbocycles. The van der Waals surface area contributed by atoms with Crippen LogP contribution in [0.3, 0.4) is 0 Å². The van der Waals surface area contributed by atoms with Crippen LogP contribution in [-0.2, 0) is 22.5 Å². The van der Waals surface area contributed by atoms with E-state index >= 15 is 0 Å². The van der Waals surface area contributed by atoms with E-state index < -0.39 is 6.09 Å². The second-order valence-corrected chi connectivity index (χ2v) is 5.13. The maximum atomic E-state index is 11.9. The van der Waals surface area contributed by atoms with Gasteiger partial charge in [0.05, 0.1) is 12.8 Å². The minimum atomic E-state index is -0.604.